The molecule has 0 nitrogen and oxygen atoms in total. The van der Waals surface area contributed by atoms with E-state index in [2.05, 4.69) is 0 Å². The van der Waals surface area contributed by atoms with Crippen LogP contribution in [0.3, 0.4) is 0 Å². The predicted octanol–water partition coefficient (Wildman–Crippen LogP) is -7.40. The molecule has 0 unspecified atom stereocenters. The van der Waals surface area contributed by atoms with E-state index < -0.39 is 11.6 Å². The molecule has 0 aromatic heterocycles. The van der Waals surface area contributed by atoms with Crippen LogP contribution in [0.2, 0.25) is 0 Å². The Morgan fingerprint density at radius 2 is 1.00 bits per heavy atom. The summed E-state index contributed by atoms with van der Waals surface area (Å²) in [6.07, 6.45) is 0. The van der Waals surface area contributed by atoms with Crippen molar-refractivity contribution < 1.29 is 46.0 Å². The van der Waals surface area contributed by atoms with Crippen LogP contribution in [0.25, 0.3) is 0 Å². The number of hydrogen-bond acceptors (Lipinski definition) is 0. The molecule has 0 atom stereocenters. The van der Waals surface area contributed by atoms with Crippen LogP contribution in [-0.4, -0.2) is 17.4 Å². The zero-order chi connectivity index (χ0) is 5.98. The minimum absolute atomic E-state index is 0. The fraction of sp³-hybridized carbons (Fsp3) is 0. The van der Waals surface area contributed by atoms with E-state index in [4.69, 9.17) is 0 Å². The summed E-state index contributed by atoms with van der Waals surface area (Å²) in [5.74, 6) is -1.60. The van der Waals surface area contributed by atoms with Gasteiger partial charge in [0, 0.05) is 0 Å². The molecule has 0 radical (unpaired) electrons. The standard InChI is InChI=1S/C6H4F2.Al.3ClH/c7-5-3-1-2-4-6(5)8;;;;/h1-4H;;3*1H/q;+3;;;/p-3. The molecular weight excluding hydrogens is 243 g/mol. The molecule has 0 saturated carbocycles. The Hall–Kier alpha value is 0.482. The van der Waals surface area contributed by atoms with Gasteiger partial charge in [0.1, 0.15) is 0 Å². The van der Waals surface area contributed by atoms with Crippen LogP contribution in [0.15, 0.2) is 24.3 Å². The van der Waals surface area contributed by atoms with Gasteiger partial charge in [0.05, 0.1) is 0 Å². The Labute approximate surface area is 99.1 Å². The summed E-state index contributed by atoms with van der Waals surface area (Å²) in [6, 6.07) is 5.04. The van der Waals surface area contributed by atoms with E-state index in [1.807, 2.05) is 0 Å². The summed E-state index contributed by atoms with van der Waals surface area (Å²) >= 11 is 0. The normalized spacial score (nSPS) is 6.17. The first-order valence-corrected chi connectivity index (χ1v) is 2.21. The number of rotatable bonds is 0. The van der Waals surface area contributed by atoms with Crippen LogP contribution in [0.1, 0.15) is 0 Å². The van der Waals surface area contributed by atoms with Gasteiger partial charge in [0.15, 0.2) is 11.6 Å². The summed E-state index contributed by atoms with van der Waals surface area (Å²) in [6.45, 7) is 0. The average molecular weight is 247 g/mol. The molecule has 0 aliphatic carbocycles. The number of halogens is 5. The van der Waals surface area contributed by atoms with Crippen molar-refractivity contribution >= 4 is 17.4 Å². The first kappa shape index (κ1) is 22.9. The second-order valence-corrected chi connectivity index (χ2v) is 1.41. The number of hydrogen-bond donors (Lipinski definition) is 0. The van der Waals surface area contributed by atoms with Crippen molar-refractivity contribution in [2.24, 2.45) is 0 Å². The summed E-state index contributed by atoms with van der Waals surface area (Å²) in [5, 5.41) is 0. The Kier molecular flexibility index (Phi) is 21.9. The molecule has 6 heteroatoms. The molecule has 0 fully saturated rings. The zero-order valence-electron chi connectivity index (χ0n) is 5.78. The van der Waals surface area contributed by atoms with E-state index in [1.54, 1.807) is 0 Å². The Balaban J connectivity index is -0.0000000800. The van der Waals surface area contributed by atoms with Gasteiger partial charge in [-0.2, -0.15) is 0 Å². The smallest absolute Gasteiger partial charge is 1.00 e. The maximum Gasteiger partial charge on any atom is 3.00 e. The maximum absolute atomic E-state index is 11.9. The Bertz CT molecular complexity index is 177. The fourth-order valence-electron chi connectivity index (χ4n) is 0.439. The van der Waals surface area contributed by atoms with Crippen molar-refractivity contribution in [3.05, 3.63) is 35.9 Å². The number of benzene rings is 1. The van der Waals surface area contributed by atoms with Crippen LogP contribution in [-0.2, 0) is 0 Å². The largest absolute Gasteiger partial charge is 3.00 e. The second kappa shape index (κ2) is 11.5. The monoisotopic (exact) mass is 246 g/mol. The van der Waals surface area contributed by atoms with Crippen molar-refractivity contribution in [2.45, 2.75) is 0 Å². The first-order chi connectivity index (χ1) is 3.80. The maximum atomic E-state index is 11.9. The molecule has 0 amide bonds. The summed E-state index contributed by atoms with van der Waals surface area (Å²) < 4.78 is 23.9. The molecule has 0 aliphatic rings. The fourth-order valence-corrected chi connectivity index (χ4v) is 0.439. The molecule has 0 saturated heterocycles. The van der Waals surface area contributed by atoms with Crippen molar-refractivity contribution in [3.63, 3.8) is 0 Å². The Morgan fingerprint density at radius 3 is 1.17 bits per heavy atom. The van der Waals surface area contributed by atoms with E-state index in [-0.39, 0.29) is 54.6 Å². The van der Waals surface area contributed by atoms with E-state index in [0.29, 0.717) is 0 Å². The molecule has 66 valence electrons. The summed E-state index contributed by atoms with van der Waals surface area (Å²) in [5.41, 5.74) is 0. The van der Waals surface area contributed by atoms with Gasteiger partial charge >= 0.3 is 17.4 Å². The third-order valence-electron chi connectivity index (χ3n) is 0.824. The molecule has 0 aliphatic heterocycles. The van der Waals surface area contributed by atoms with Gasteiger partial charge in [-0.1, -0.05) is 12.1 Å². The molecule has 1 rings (SSSR count). The van der Waals surface area contributed by atoms with Crippen molar-refractivity contribution in [2.75, 3.05) is 0 Å². The summed E-state index contributed by atoms with van der Waals surface area (Å²) in [4.78, 5) is 0. The van der Waals surface area contributed by atoms with Crippen molar-refractivity contribution in [3.8, 4) is 0 Å². The topological polar surface area (TPSA) is 0 Å². The predicted molar refractivity (Wildman–Crippen MR) is 32.1 cm³/mol. The molecular formula is C6H4AlCl3F2. The molecule has 1 aromatic rings. The minimum Gasteiger partial charge on any atom is -1.00 e. The van der Waals surface area contributed by atoms with Gasteiger partial charge in [-0.05, 0) is 12.1 Å². The molecule has 12 heavy (non-hydrogen) atoms. The van der Waals surface area contributed by atoms with Gasteiger partial charge in [0.25, 0.3) is 0 Å². The minimum atomic E-state index is -0.799. The molecule has 0 bridgehead atoms. The third-order valence-corrected chi connectivity index (χ3v) is 0.824. The second-order valence-electron chi connectivity index (χ2n) is 1.41. The third kappa shape index (κ3) is 7.15. The SMILES string of the molecule is Fc1ccccc1F.[Al+3].[Cl-].[Cl-].[Cl-]. The zero-order valence-corrected chi connectivity index (χ0v) is 9.20. The van der Waals surface area contributed by atoms with Gasteiger partial charge in [0.2, 0.25) is 0 Å². The Morgan fingerprint density at radius 1 is 0.750 bits per heavy atom. The van der Waals surface area contributed by atoms with Gasteiger partial charge in [-0.3, -0.25) is 0 Å². The van der Waals surface area contributed by atoms with Crippen LogP contribution in [0, 0.1) is 11.6 Å². The first-order valence-electron chi connectivity index (χ1n) is 2.21. The van der Waals surface area contributed by atoms with Gasteiger partial charge < -0.3 is 37.2 Å². The van der Waals surface area contributed by atoms with Crippen LogP contribution in [0.4, 0.5) is 8.78 Å². The van der Waals surface area contributed by atoms with E-state index in [0.717, 1.165) is 12.1 Å². The molecule has 0 N–H and O–H groups in total. The van der Waals surface area contributed by atoms with Crippen LogP contribution < -0.4 is 37.2 Å². The van der Waals surface area contributed by atoms with Crippen LogP contribution >= 0.6 is 0 Å². The van der Waals surface area contributed by atoms with Gasteiger partial charge in [-0.25, -0.2) is 8.78 Å². The summed E-state index contributed by atoms with van der Waals surface area (Å²) in [7, 11) is 0. The average Bonchev–Trinajstić information content (AvgIpc) is 1.77. The molecule has 0 spiro atoms. The van der Waals surface area contributed by atoms with E-state index in [9.17, 15) is 8.78 Å². The molecule has 1 aromatic carbocycles. The molecule has 0 heterocycles. The van der Waals surface area contributed by atoms with Crippen molar-refractivity contribution in [1.29, 1.82) is 0 Å². The van der Waals surface area contributed by atoms with Gasteiger partial charge in [-0.15, -0.1) is 0 Å². The van der Waals surface area contributed by atoms with E-state index in [1.165, 1.54) is 12.1 Å². The van der Waals surface area contributed by atoms with E-state index >= 15 is 0 Å². The van der Waals surface area contributed by atoms with Crippen molar-refractivity contribution in [1.82, 2.24) is 0 Å². The van der Waals surface area contributed by atoms with Crippen LogP contribution in [0.5, 0.6) is 0 Å². The quantitative estimate of drug-likeness (QED) is 0.400.